The molecule has 0 aromatic carbocycles. The number of rotatable bonds is 5. The monoisotopic (exact) mass is 231 g/mol. The number of nitrogen functional groups attached to an aromatic ring is 1. The standard InChI is InChI=1S/C9H17N3S2/c1-6(2)11-4-5-13-8-7(3)12-9(10)14-8/h6,11H,4-5H2,1-3H3,(H2,10,12). The van der Waals surface area contributed by atoms with Crippen molar-refractivity contribution in [3.05, 3.63) is 5.69 Å². The van der Waals surface area contributed by atoms with Crippen molar-refractivity contribution in [2.24, 2.45) is 0 Å². The average molecular weight is 231 g/mol. The predicted molar refractivity (Wildman–Crippen MR) is 65.1 cm³/mol. The maximum Gasteiger partial charge on any atom is 0.181 e. The first-order valence-corrected chi connectivity index (χ1v) is 6.49. The first kappa shape index (κ1) is 11.8. The Balaban J connectivity index is 2.28. The highest BCUT2D eigenvalue weighted by Crippen LogP contribution is 2.29. The van der Waals surface area contributed by atoms with Crippen LogP contribution in [0.3, 0.4) is 0 Å². The minimum atomic E-state index is 0.559. The Morgan fingerprint density at radius 2 is 2.29 bits per heavy atom. The SMILES string of the molecule is Cc1nc(N)sc1SCCNC(C)C. The molecule has 0 radical (unpaired) electrons. The van der Waals surface area contributed by atoms with Crippen molar-refractivity contribution in [3.8, 4) is 0 Å². The summed E-state index contributed by atoms with van der Waals surface area (Å²) >= 11 is 3.40. The van der Waals surface area contributed by atoms with E-state index in [4.69, 9.17) is 5.73 Å². The lowest BCUT2D eigenvalue weighted by atomic mass is 10.4. The van der Waals surface area contributed by atoms with E-state index in [2.05, 4.69) is 24.1 Å². The number of nitrogens with two attached hydrogens (primary N) is 1. The molecule has 80 valence electrons. The average Bonchev–Trinajstić information content (AvgIpc) is 2.39. The van der Waals surface area contributed by atoms with Crippen LogP contribution in [0.2, 0.25) is 0 Å². The lowest BCUT2D eigenvalue weighted by molar-refractivity contribution is 0.616. The van der Waals surface area contributed by atoms with E-state index in [1.54, 1.807) is 11.3 Å². The summed E-state index contributed by atoms with van der Waals surface area (Å²) in [6.07, 6.45) is 0. The minimum absolute atomic E-state index is 0.559. The third kappa shape index (κ3) is 3.86. The molecule has 0 bridgehead atoms. The van der Waals surface area contributed by atoms with Gasteiger partial charge in [0.05, 0.1) is 9.90 Å². The van der Waals surface area contributed by atoms with E-state index in [-0.39, 0.29) is 0 Å². The smallest absolute Gasteiger partial charge is 0.181 e. The van der Waals surface area contributed by atoms with Gasteiger partial charge in [-0.2, -0.15) is 0 Å². The molecule has 1 heterocycles. The molecule has 0 fully saturated rings. The number of aryl methyl sites for hydroxylation is 1. The summed E-state index contributed by atoms with van der Waals surface area (Å²) in [7, 11) is 0. The van der Waals surface area contributed by atoms with Crippen LogP contribution in [-0.4, -0.2) is 23.3 Å². The van der Waals surface area contributed by atoms with Gasteiger partial charge in [0, 0.05) is 18.3 Å². The van der Waals surface area contributed by atoms with Gasteiger partial charge in [0.15, 0.2) is 5.13 Å². The molecule has 0 aliphatic rings. The molecule has 0 unspecified atom stereocenters. The number of nitrogens with one attached hydrogen (secondary N) is 1. The fourth-order valence-corrected chi connectivity index (χ4v) is 3.00. The van der Waals surface area contributed by atoms with Crippen LogP contribution < -0.4 is 11.1 Å². The van der Waals surface area contributed by atoms with Gasteiger partial charge < -0.3 is 11.1 Å². The topological polar surface area (TPSA) is 50.9 Å². The van der Waals surface area contributed by atoms with Crippen molar-refractivity contribution < 1.29 is 0 Å². The Bertz CT molecular complexity index is 284. The van der Waals surface area contributed by atoms with Gasteiger partial charge in [-0.1, -0.05) is 25.2 Å². The van der Waals surface area contributed by atoms with Gasteiger partial charge in [0.2, 0.25) is 0 Å². The number of anilines is 1. The molecular formula is C9H17N3S2. The van der Waals surface area contributed by atoms with Crippen LogP contribution in [-0.2, 0) is 0 Å². The number of hydrogen-bond donors (Lipinski definition) is 2. The van der Waals surface area contributed by atoms with E-state index in [1.165, 1.54) is 4.21 Å². The van der Waals surface area contributed by atoms with E-state index >= 15 is 0 Å². The van der Waals surface area contributed by atoms with Crippen LogP contribution in [0.4, 0.5) is 5.13 Å². The first-order chi connectivity index (χ1) is 6.59. The van der Waals surface area contributed by atoms with Crippen molar-refractivity contribution in [3.63, 3.8) is 0 Å². The molecule has 14 heavy (non-hydrogen) atoms. The summed E-state index contributed by atoms with van der Waals surface area (Å²) < 4.78 is 1.24. The maximum atomic E-state index is 5.61. The molecule has 0 aliphatic carbocycles. The second-order valence-corrected chi connectivity index (χ2v) is 5.78. The molecule has 0 saturated carbocycles. The molecule has 1 aromatic rings. The zero-order valence-corrected chi connectivity index (χ0v) is 10.5. The van der Waals surface area contributed by atoms with Gasteiger partial charge >= 0.3 is 0 Å². The van der Waals surface area contributed by atoms with Crippen molar-refractivity contribution in [2.75, 3.05) is 18.0 Å². The predicted octanol–water partition coefficient (Wildman–Crippen LogP) is 2.12. The number of aromatic nitrogens is 1. The molecule has 0 atom stereocenters. The van der Waals surface area contributed by atoms with Crippen LogP contribution in [0.1, 0.15) is 19.5 Å². The normalized spacial score (nSPS) is 11.1. The van der Waals surface area contributed by atoms with Gasteiger partial charge in [0.25, 0.3) is 0 Å². The Labute approximate surface area is 93.5 Å². The fourth-order valence-electron chi connectivity index (χ4n) is 1.03. The molecule has 0 amide bonds. The van der Waals surface area contributed by atoms with Crippen LogP contribution >= 0.6 is 23.1 Å². The van der Waals surface area contributed by atoms with Crippen molar-refractivity contribution in [1.29, 1.82) is 0 Å². The van der Waals surface area contributed by atoms with Gasteiger partial charge in [-0.05, 0) is 6.92 Å². The number of thiazole rings is 1. The second-order valence-electron chi connectivity index (χ2n) is 3.38. The van der Waals surface area contributed by atoms with E-state index in [1.807, 2.05) is 18.7 Å². The second kappa shape index (κ2) is 5.58. The molecule has 3 nitrogen and oxygen atoms in total. The maximum absolute atomic E-state index is 5.61. The number of nitrogens with zero attached hydrogens (tertiary/aromatic N) is 1. The zero-order valence-electron chi connectivity index (χ0n) is 8.83. The fraction of sp³-hybridized carbons (Fsp3) is 0.667. The third-order valence-electron chi connectivity index (χ3n) is 1.66. The third-order valence-corrected chi connectivity index (χ3v) is 4.01. The van der Waals surface area contributed by atoms with Crippen LogP contribution in [0, 0.1) is 6.92 Å². The lowest BCUT2D eigenvalue weighted by Crippen LogP contribution is -2.24. The molecule has 0 spiro atoms. The lowest BCUT2D eigenvalue weighted by Gasteiger charge is -2.06. The largest absolute Gasteiger partial charge is 0.375 e. The van der Waals surface area contributed by atoms with Crippen molar-refractivity contribution in [1.82, 2.24) is 10.3 Å². The van der Waals surface area contributed by atoms with Gasteiger partial charge in [0.1, 0.15) is 0 Å². The van der Waals surface area contributed by atoms with Gasteiger partial charge in [-0.25, -0.2) is 4.98 Å². The van der Waals surface area contributed by atoms with E-state index in [0.29, 0.717) is 11.2 Å². The summed E-state index contributed by atoms with van der Waals surface area (Å²) in [6.45, 7) is 7.34. The molecule has 1 rings (SSSR count). The van der Waals surface area contributed by atoms with Gasteiger partial charge in [-0.3, -0.25) is 0 Å². The van der Waals surface area contributed by atoms with E-state index in [9.17, 15) is 0 Å². The highest BCUT2D eigenvalue weighted by atomic mass is 32.2. The Morgan fingerprint density at radius 1 is 1.57 bits per heavy atom. The molecule has 3 N–H and O–H groups in total. The Kier molecular flexibility index (Phi) is 4.71. The Morgan fingerprint density at radius 3 is 2.79 bits per heavy atom. The number of hydrogen-bond acceptors (Lipinski definition) is 5. The summed E-state index contributed by atoms with van der Waals surface area (Å²) in [5.41, 5.74) is 6.67. The summed E-state index contributed by atoms with van der Waals surface area (Å²) in [6, 6.07) is 0.559. The van der Waals surface area contributed by atoms with Gasteiger partial charge in [-0.15, -0.1) is 11.8 Å². The van der Waals surface area contributed by atoms with E-state index in [0.717, 1.165) is 18.0 Å². The van der Waals surface area contributed by atoms with Crippen molar-refractivity contribution >= 4 is 28.2 Å². The highest BCUT2D eigenvalue weighted by molar-refractivity contribution is 8.01. The van der Waals surface area contributed by atoms with Crippen LogP contribution in [0.25, 0.3) is 0 Å². The minimum Gasteiger partial charge on any atom is -0.375 e. The summed E-state index contributed by atoms with van der Waals surface area (Å²) in [5.74, 6) is 1.07. The summed E-state index contributed by atoms with van der Waals surface area (Å²) in [4.78, 5) is 4.18. The van der Waals surface area contributed by atoms with Crippen LogP contribution in [0.15, 0.2) is 4.21 Å². The Hall–Kier alpha value is -0.260. The molecule has 5 heteroatoms. The van der Waals surface area contributed by atoms with E-state index < -0.39 is 0 Å². The first-order valence-electron chi connectivity index (χ1n) is 4.68. The summed E-state index contributed by atoms with van der Waals surface area (Å²) in [5, 5.41) is 4.04. The zero-order chi connectivity index (χ0) is 10.6. The van der Waals surface area contributed by atoms with Crippen LogP contribution in [0.5, 0.6) is 0 Å². The number of thioether (sulfide) groups is 1. The molecular weight excluding hydrogens is 214 g/mol. The quantitative estimate of drug-likeness (QED) is 0.602. The highest BCUT2D eigenvalue weighted by Gasteiger charge is 2.05. The van der Waals surface area contributed by atoms with Crippen molar-refractivity contribution in [2.45, 2.75) is 31.0 Å². The molecule has 0 aliphatic heterocycles. The molecule has 0 saturated heterocycles. The molecule has 1 aromatic heterocycles.